The Hall–Kier alpha value is -0.0500. The molecule has 0 radical (unpaired) electrons. The van der Waals surface area contributed by atoms with Crippen molar-refractivity contribution >= 4 is 7.60 Å². The molecule has 108 valence electrons. The lowest BCUT2D eigenvalue weighted by molar-refractivity contribution is -0.223. The topological polar surface area (TPSA) is 126 Å². The highest BCUT2D eigenvalue weighted by molar-refractivity contribution is 7.53. The van der Waals surface area contributed by atoms with E-state index in [0.29, 0.717) is 0 Å². The maximum Gasteiger partial charge on any atom is 0.332 e. The number of rotatable bonds is 5. The number of aliphatic hydroxyl groups excluding tert-OH is 4. The Labute approximate surface area is 105 Å². The third-order valence-corrected chi connectivity index (χ3v) is 4.87. The van der Waals surface area contributed by atoms with E-state index in [4.69, 9.17) is 18.9 Å². The summed E-state index contributed by atoms with van der Waals surface area (Å²) in [5.74, 6) is 0. The van der Waals surface area contributed by atoms with Crippen LogP contribution in [-0.4, -0.2) is 77.9 Å². The predicted molar refractivity (Wildman–Crippen MR) is 60.3 cm³/mol. The van der Waals surface area contributed by atoms with Crippen molar-refractivity contribution in [3.8, 4) is 0 Å². The fourth-order valence-corrected chi connectivity index (χ4v) is 2.96. The van der Waals surface area contributed by atoms with Crippen molar-refractivity contribution < 1.29 is 38.8 Å². The van der Waals surface area contributed by atoms with Gasteiger partial charge in [0.1, 0.15) is 24.4 Å². The summed E-state index contributed by atoms with van der Waals surface area (Å²) in [4.78, 5) is 0. The van der Waals surface area contributed by atoms with Crippen LogP contribution in [0.2, 0.25) is 0 Å². The monoisotopic (exact) mass is 286 g/mol. The quantitative estimate of drug-likeness (QED) is 0.441. The van der Waals surface area contributed by atoms with Gasteiger partial charge in [0.15, 0.2) is 0 Å². The lowest BCUT2D eigenvalue weighted by atomic mass is 9.96. The molecular weight excluding hydrogens is 267 g/mol. The molecule has 0 amide bonds. The molecule has 0 unspecified atom stereocenters. The molecule has 0 aromatic rings. The molecular formula is C9H19O8P. The summed E-state index contributed by atoms with van der Waals surface area (Å²) >= 11 is 0. The van der Waals surface area contributed by atoms with E-state index in [1.54, 1.807) is 0 Å². The van der Waals surface area contributed by atoms with E-state index in [9.17, 15) is 19.9 Å². The van der Waals surface area contributed by atoms with Gasteiger partial charge >= 0.3 is 7.60 Å². The van der Waals surface area contributed by atoms with Crippen LogP contribution in [0.25, 0.3) is 0 Å². The van der Waals surface area contributed by atoms with E-state index >= 15 is 0 Å². The zero-order chi connectivity index (χ0) is 13.9. The number of aliphatic hydroxyl groups is 4. The van der Waals surface area contributed by atoms with Crippen molar-refractivity contribution in [3.63, 3.8) is 0 Å². The summed E-state index contributed by atoms with van der Waals surface area (Å²) < 4.78 is 26.5. The molecule has 0 aliphatic carbocycles. The molecule has 0 aromatic carbocycles. The number of ether oxygens (including phenoxy) is 1. The summed E-state index contributed by atoms with van der Waals surface area (Å²) in [6, 6.07) is 0. The van der Waals surface area contributed by atoms with Crippen molar-refractivity contribution in [2.75, 3.05) is 27.0 Å². The van der Waals surface area contributed by atoms with E-state index in [0.717, 1.165) is 0 Å². The maximum absolute atomic E-state index is 11.9. The molecule has 9 heteroatoms. The van der Waals surface area contributed by atoms with Crippen molar-refractivity contribution in [2.24, 2.45) is 0 Å². The molecule has 8 nitrogen and oxygen atoms in total. The van der Waals surface area contributed by atoms with Crippen LogP contribution < -0.4 is 0 Å². The molecule has 1 aliphatic rings. The first-order valence-electron chi connectivity index (χ1n) is 5.39. The third-order valence-electron chi connectivity index (χ3n) is 2.95. The molecule has 1 rings (SSSR count). The first-order chi connectivity index (χ1) is 8.38. The van der Waals surface area contributed by atoms with Crippen molar-refractivity contribution in [1.82, 2.24) is 0 Å². The van der Waals surface area contributed by atoms with Gasteiger partial charge in [0.2, 0.25) is 0 Å². The molecule has 0 bridgehead atoms. The van der Waals surface area contributed by atoms with Crippen LogP contribution in [0, 0.1) is 0 Å². The van der Waals surface area contributed by atoms with Gasteiger partial charge in [-0.15, -0.1) is 0 Å². The van der Waals surface area contributed by atoms with Crippen LogP contribution in [0.1, 0.15) is 0 Å². The van der Waals surface area contributed by atoms with Crippen LogP contribution in [0.4, 0.5) is 0 Å². The summed E-state index contributed by atoms with van der Waals surface area (Å²) in [6.45, 7) is -0.536. The van der Waals surface area contributed by atoms with Gasteiger partial charge in [0.05, 0.1) is 18.9 Å². The standard InChI is InChI=1S/C9H19O8P/c1-15-18(14,16-2)4-6-8(12)9(13)7(11)5(3-10)17-6/h5-13H,3-4H2,1-2H3/t5-,6+,7+,8+,9+/m1/s1. The van der Waals surface area contributed by atoms with E-state index in [-0.39, 0.29) is 6.16 Å². The SMILES string of the molecule is COP(=O)(C[C@@H]1O[C@H](CO)[C@H](O)[C@H](O)[C@H]1O)OC. The molecule has 18 heavy (non-hydrogen) atoms. The Morgan fingerprint density at radius 2 is 1.56 bits per heavy atom. The molecule has 5 atom stereocenters. The Balaban J connectivity index is 2.79. The van der Waals surface area contributed by atoms with E-state index < -0.39 is 44.7 Å². The molecule has 1 fully saturated rings. The summed E-state index contributed by atoms with van der Waals surface area (Å²) in [5, 5.41) is 37.8. The molecule has 0 aromatic heterocycles. The van der Waals surface area contributed by atoms with Crippen LogP contribution in [-0.2, 0) is 18.3 Å². The second kappa shape index (κ2) is 6.40. The van der Waals surface area contributed by atoms with Gasteiger partial charge in [-0.25, -0.2) is 0 Å². The summed E-state index contributed by atoms with van der Waals surface area (Å²) in [5.41, 5.74) is 0. The summed E-state index contributed by atoms with van der Waals surface area (Å²) in [7, 11) is -1.05. The van der Waals surface area contributed by atoms with Gasteiger partial charge in [-0.05, 0) is 0 Å². The number of hydrogen-bond donors (Lipinski definition) is 4. The highest BCUT2D eigenvalue weighted by Crippen LogP contribution is 2.48. The van der Waals surface area contributed by atoms with Gasteiger partial charge in [0, 0.05) is 14.2 Å². The second-order valence-corrected chi connectivity index (χ2v) is 6.34. The zero-order valence-corrected chi connectivity index (χ0v) is 11.1. The molecule has 1 heterocycles. The van der Waals surface area contributed by atoms with Gasteiger partial charge in [-0.1, -0.05) is 0 Å². The minimum absolute atomic E-state index is 0.290. The predicted octanol–water partition coefficient (Wildman–Crippen LogP) is -1.69. The van der Waals surface area contributed by atoms with Gasteiger partial charge < -0.3 is 34.2 Å². The Kier molecular flexibility index (Phi) is 5.69. The first kappa shape index (κ1) is 16.0. The van der Waals surface area contributed by atoms with Crippen LogP contribution >= 0.6 is 7.60 Å². The minimum atomic E-state index is -3.43. The molecule has 4 N–H and O–H groups in total. The Bertz CT molecular complexity index is 301. The highest BCUT2D eigenvalue weighted by atomic mass is 31.2. The molecule has 0 spiro atoms. The van der Waals surface area contributed by atoms with Crippen LogP contribution in [0.3, 0.4) is 0 Å². The van der Waals surface area contributed by atoms with Crippen molar-refractivity contribution in [1.29, 1.82) is 0 Å². The fourth-order valence-electron chi connectivity index (χ4n) is 1.77. The second-order valence-electron chi connectivity index (χ2n) is 4.03. The maximum atomic E-state index is 11.9. The summed E-state index contributed by atoms with van der Waals surface area (Å²) in [6.07, 6.45) is -6.77. The van der Waals surface area contributed by atoms with Gasteiger partial charge in [-0.3, -0.25) is 4.57 Å². The molecule has 1 aliphatic heterocycles. The smallest absolute Gasteiger partial charge is 0.332 e. The normalized spacial score (nSPS) is 37.8. The Morgan fingerprint density at radius 3 is 2.00 bits per heavy atom. The van der Waals surface area contributed by atoms with E-state index in [2.05, 4.69) is 0 Å². The molecule has 0 saturated carbocycles. The number of hydrogen-bond acceptors (Lipinski definition) is 8. The minimum Gasteiger partial charge on any atom is -0.394 e. The van der Waals surface area contributed by atoms with Crippen molar-refractivity contribution in [2.45, 2.75) is 30.5 Å². The van der Waals surface area contributed by atoms with Crippen LogP contribution in [0.5, 0.6) is 0 Å². The average Bonchev–Trinajstić information content (AvgIpc) is 2.39. The van der Waals surface area contributed by atoms with Gasteiger partial charge in [0.25, 0.3) is 0 Å². The first-order valence-corrected chi connectivity index (χ1v) is 7.12. The largest absolute Gasteiger partial charge is 0.394 e. The molecule has 1 saturated heterocycles. The van der Waals surface area contributed by atoms with Crippen LogP contribution in [0.15, 0.2) is 0 Å². The third kappa shape index (κ3) is 3.28. The lowest BCUT2D eigenvalue weighted by Crippen LogP contribution is -2.59. The van der Waals surface area contributed by atoms with E-state index in [1.165, 1.54) is 14.2 Å². The fraction of sp³-hybridized carbons (Fsp3) is 1.00. The lowest BCUT2D eigenvalue weighted by Gasteiger charge is -2.40. The highest BCUT2D eigenvalue weighted by Gasteiger charge is 2.46. The van der Waals surface area contributed by atoms with E-state index in [1.807, 2.05) is 0 Å². The Morgan fingerprint density at radius 1 is 1.06 bits per heavy atom. The van der Waals surface area contributed by atoms with Gasteiger partial charge in [-0.2, -0.15) is 0 Å². The van der Waals surface area contributed by atoms with Crippen molar-refractivity contribution in [3.05, 3.63) is 0 Å². The average molecular weight is 286 g/mol. The zero-order valence-electron chi connectivity index (χ0n) is 10.2.